The van der Waals surface area contributed by atoms with Crippen LogP contribution in [0.4, 0.5) is 5.69 Å². The van der Waals surface area contributed by atoms with Crippen LogP contribution < -0.4 is 10.6 Å². The van der Waals surface area contributed by atoms with E-state index in [2.05, 4.69) is 10.6 Å². The number of likely N-dealkylation sites (N-methyl/N-ethyl adjacent to an activating group) is 2. The fraction of sp³-hybridized carbons (Fsp3) is 0.550. The Morgan fingerprint density at radius 3 is 2.29 bits per heavy atom. The number of carbonyl (C=O) groups is 3. The molecule has 0 aliphatic carbocycles. The lowest BCUT2D eigenvalue weighted by atomic mass is 10.1. The summed E-state index contributed by atoms with van der Waals surface area (Å²) in [5, 5.41) is 6.17. The molecule has 8 heteroatoms. The summed E-state index contributed by atoms with van der Waals surface area (Å²) in [5.74, 6) is -0.666. The number of amides is 3. The number of halogens is 1. The molecule has 156 valence electrons. The largest absolute Gasteiger partial charge is 0.350 e. The number of nitrogens with one attached hydrogen (secondary N) is 2. The minimum atomic E-state index is -0.325. The zero-order valence-electron chi connectivity index (χ0n) is 17.6. The molecule has 0 radical (unpaired) electrons. The molecule has 0 bridgehead atoms. The molecule has 28 heavy (non-hydrogen) atoms. The molecular formula is C20H31ClN4O3. The molecule has 0 atom stereocenters. The van der Waals surface area contributed by atoms with E-state index in [0.717, 1.165) is 5.56 Å². The zero-order valence-corrected chi connectivity index (χ0v) is 18.3. The lowest BCUT2D eigenvalue weighted by molar-refractivity contribution is -0.135. The highest BCUT2D eigenvalue weighted by Crippen LogP contribution is 2.20. The van der Waals surface area contributed by atoms with E-state index >= 15 is 0 Å². The van der Waals surface area contributed by atoms with Crippen LogP contribution in [0.5, 0.6) is 0 Å². The molecule has 7 nitrogen and oxygen atoms in total. The van der Waals surface area contributed by atoms with Gasteiger partial charge in [0.05, 0.1) is 19.6 Å². The molecule has 2 N–H and O–H groups in total. The minimum absolute atomic E-state index is 0.0505. The van der Waals surface area contributed by atoms with Gasteiger partial charge in [0.1, 0.15) is 0 Å². The van der Waals surface area contributed by atoms with Crippen LogP contribution in [0.25, 0.3) is 0 Å². The molecule has 0 aromatic heterocycles. The third kappa shape index (κ3) is 8.71. The second kappa shape index (κ2) is 10.4. The molecule has 0 fully saturated rings. The van der Waals surface area contributed by atoms with E-state index in [1.807, 2.05) is 40.7 Å². The summed E-state index contributed by atoms with van der Waals surface area (Å²) in [4.78, 5) is 39.9. The summed E-state index contributed by atoms with van der Waals surface area (Å²) in [5.41, 5.74) is 1.18. The van der Waals surface area contributed by atoms with Gasteiger partial charge in [-0.15, -0.1) is 0 Å². The van der Waals surface area contributed by atoms with Crippen molar-refractivity contribution in [3.8, 4) is 0 Å². The Morgan fingerprint density at radius 1 is 1.07 bits per heavy atom. The molecular weight excluding hydrogens is 380 g/mol. The smallest absolute Gasteiger partial charge is 0.244 e. The number of hydrogen-bond acceptors (Lipinski definition) is 4. The van der Waals surface area contributed by atoms with Gasteiger partial charge < -0.3 is 15.5 Å². The number of anilines is 1. The van der Waals surface area contributed by atoms with Crippen molar-refractivity contribution in [2.24, 2.45) is 0 Å². The van der Waals surface area contributed by atoms with Crippen molar-refractivity contribution < 1.29 is 14.4 Å². The highest BCUT2D eigenvalue weighted by molar-refractivity contribution is 6.31. The first-order chi connectivity index (χ1) is 12.9. The van der Waals surface area contributed by atoms with Gasteiger partial charge in [0.25, 0.3) is 0 Å². The van der Waals surface area contributed by atoms with E-state index in [-0.39, 0.29) is 42.9 Å². The van der Waals surface area contributed by atoms with Gasteiger partial charge in [0.15, 0.2) is 0 Å². The van der Waals surface area contributed by atoms with Crippen LogP contribution in [-0.4, -0.2) is 66.3 Å². The van der Waals surface area contributed by atoms with Crippen LogP contribution >= 0.6 is 11.6 Å². The second-order valence-corrected chi connectivity index (χ2v) is 8.32. The highest BCUT2D eigenvalue weighted by atomic mass is 35.5. The van der Waals surface area contributed by atoms with Gasteiger partial charge >= 0.3 is 0 Å². The number of carbonyl (C=O) groups excluding carboxylic acids is 3. The summed E-state index contributed by atoms with van der Waals surface area (Å²) in [6.07, 6.45) is 0. The van der Waals surface area contributed by atoms with E-state index in [4.69, 9.17) is 11.6 Å². The van der Waals surface area contributed by atoms with Gasteiger partial charge in [-0.1, -0.05) is 17.7 Å². The molecule has 3 amide bonds. The fourth-order valence-electron chi connectivity index (χ4n) is 2.56. The standard InChI is InChI=1S/C20H31ClN4O3/c1-7-25(12-17(26)22-16-10-15(21)9-8-14(16)2)19(28)13-24(6)11-18(27)23-20(3,4)5/h8-10H,7,11-13H2,1-6H3,(H,22,26)(H,23,27). The van der Waals surface area contributed by atoms with Crippen LogP contribution in [-0.2, 0) is 14.4 Å². The molecule has 0 heterocycles. The maximum absolute atomic E-state index is 12.5. The summed E-state index contributed by atoms with van der Waals surface area (Å²) >= 11 is 5.97. The lowest BCUT2D eigenvalue weighted by Crippen LogP contribution is -2.48. The SMILES string of the molecule is CCN(CC(=O)Nc1cc(Cl)ccc1C)C(=O)CN(C)CC(=O)NC(C)(C)C. The fourth-order valence-corrected chi connectivity index (χ4v) is 2.73. The predicted octanol–water partition coefficient (Wildman–Crippen LogP) is 2.28. The van der Waals surface area contributed by atoms with Crippen molar-refractivity contribution >= 4 is 35.0 Å². The van der Waals surface area contributed by atoms with E-state index in [1.165, 1.54) is 4.90 Å². The minimum Gasteiger partial charge on any atom is -0.350 e. The first-order valence-corrected chi connectivity index (χ1v) is 9.62. The van der Waals surface area contributed by atoms with Crippen molar-refractivity contribution in [1.82, 2.24) is 15.1 Å². The van der Waals surface area contributed by atoms with Crippen molar-refractivity contribution in [2.45, 2.75) is 40.2 Å². The first-order valence-electron chi connectivity index (χ1n) is 9.24. The maximum Gasteiger partial charge on any atom is 0.244 e. The van der Waals surface area contributed by atoms with Crippen LogP contribution in [0.1, 0.15) is 33.3 Å². The van der Waals surface area contributed by atoms with Gasteiger partial charge in [0.2, 0.25) is 17.7 Å². The van der Waals surface area contributed by atoms with Gasteiger partial charge in [0, 0.05) is 22.8 Å². The highest BCUT2D eigenvalue weighted by Gasteiger charge is 2.20. The molecule has 0 saturated heterocycles. The zero-order chi connectivity index (χ0) is 21.5. The molecule has 0 saturated carbocycles. The maximum atomic E-state index is 12.5. The quantitative estimate of drug-likeness (QED) is 0.688. The van der Waals surface area contributed by atoms with Gasteiger partial charge in [-0.25, -0.2) is 0 Å². The summed E-state index contributed by atoms with van der Waals surface area (Å²) in [6, 6.07) is 5.24. The van der Waals surface area contributed by atoms with E-state index in [1.54, 1.807) is 24.1 Å². The summed E-state index contributed by atoms with van der Waals surface area (Å²) < 4.78 is 0. The van der Waals surface area contributed by atoms with Gasteiger partial charge in [-0.2, -0.15) is 0 Å². The van der Waals surface area contributed by atoms with E-state index in [0.29, 0.717) is 17.3 Å². The van der Waals surface area contributed by atoms with Crippen LogP contribution in [0.3, 0.4) is 0 Å². The monoisotopic (exact) mass is 410 g/mol. The average Bonchev–Trinajstić information content (AvgIpc) is 2.53. The van der Waals surface area contributed by atoms with Crippen LogP contribution in [0.2, 0.25) is 5.02 Å². The Labute approximate surface area is 172 Å². The van der Waals surface area contributed by atoms with Gasteiger partial charge in [-0.3, -0.25) is 19.3 Å². The number of hydrogen-bond donors (Lipinski definition) is 2. The summed E-state index contributed by atoms with van der Waals surface area (Å²) in [7, 11) is 1.70. The molecule has 0 spiro atoms. The van der Waals surface area contributed by atoms with Crippen LogP contribution in [0.15, 0.2) is 18.2 Å². The average molecular weight is 411 g/mol. The van der Waals surface area contributed by atoms with Crippen molar-refractivity contribution in [3.05, 3.63) is 28.8 Å². The van der Waals surface area contributed by atoms with Crippen LogP contribution in [0, 0.1) is 6.92 Å². The Bertz CT molecular complexity index is 716. The van der Waals surface area contributed by atoms with Crippen molar-refractivity contribution in [2.75, 3.05) is 38.5 Å². The molecule has 0 aliphatic rings. The van der Waals surface area contributed by atoms with Gasteiger partial charge in [-0.05, 0) is 59.4 Å². The molecule has 0 unspecified atom stereocenters. The molecule has 1 rings (SSSR count). The topological polar surface area (TPSA) is 81.8 Å². The Balaban J connectivity index is 2.59. The Hall–Kier alpha value is -2.12. The Morgan fingerprint density at radius 2 is 1.71 bits per heavy atom. The second-order valence-electron chi connectivity index (χ2n) is 7.89. The molecule has 1 aromatic carbocycles. The molecule has 1 aromatic rings. The normalized spacial score (nSPS) is 11.3. The van der Waals surface area contributed by atoms with Crippen molar-refractivity contribution in [1.29, 1.82) is 0 Å². The van der Waals surface area contributed by atoms with E-state index < -0.39 is 0 Å². The summed E-state index contributed by atoms with van der Waals surface area (Å²) in [6.45, 7) is 9.85. The number of benzene rings is 1. The number of aryl methyl sites for hydroxylation is 1. The first kappa shape index (κ1) is 23.9. The molecule has 0 aliphatic heterocycles. The lowest BCUT2D eigenvalue weighted by Gasteiger charge is -2.25. The van der Waals surface area contributed by atoms with Crippen molar-refractivity contribution in [3.63, 3.8) is 0 Å². The number of rotatable bonds is 8. The van der Waals surface area contributed by atoms with E-state index in [9.17, 15) is 14.4 Å². The third-order valence-electron chi connectivity index (χ3n) is 3.88. The number of nitrogens with zero attached hydrogens (tertiary/aromatic N) is 2. The third-order valence-corrected chi connectivity index (χ3v) is 4.11. The Kier molecular flexibility index (Phi) is 8.91. The predicted molar refractivity (Wildman–Crippen MR) is 112 cm³/mol.